The largest absolute Gasteiger partial charge is 0.467 e. The van der Waals surface area contributed by atoms with E-state index in [9.17, 15) is 0 Å². The second kappa shape index (κ2) is 4.89. The van der Waals surface area contributed by atoms with E-state index >= 15 is 0 Å². The molecule has 0 spiro atoms. The number of hydrogen-bond acceptors (Lipinski definition) is 3. The third-order valence-corrected chi connectivity index (χ3v) is 3.26. The van der Waals surface area contributed by atoms with Gasteiger partial charge in [0.25, 0.3) is 3.79 Å². The lowest BCUT2D eigenvalue weighted by Crippen LogP contribution is -2.30. The summed E-state index contributed by atoms with van der Waals surface area (Å²) < 4.78 is 9.00. The number of epoxide rings is 1. The van der Waals surface area contributed by atoms with E-state index in [1.165, 1.54) is 0 Å². The van der Waals surface area contributed by atoms with Gasteiger partial charge in [0.2, 0.25) is 5.90 Å². The third-order valence-electron chi connectivity index (χ3n) is 2.75. The van der Waals surface area contributed by atoms with Crippen molar-refractivity contribution in [2.45, 2.75) is 22.4 Å². The molecular weight excluding hydrogens is 296 g/mol. The van der Waals surface area contributed by atoms with Gasteiger partial charge in [-0.2, -0.15) is 0 Å². The topological polar surface area (TPSA) is 45.6 Å². The van der Waals surface area contributed by atoms with Gasteiger partial charge in [-0.25, -0.2) is 0 Å². The highest BCUT2D eigenvalue weighted by molar-refractivity contribution is 6.76. The van der Waals surface area contributed by atoms with E-state index in [2.05, 4.69) is 0 Å². The van der Waals surface area contributed by atoms with Crippen LogP contribution < -0.4 is 0 Å². The highest BCUT2D eigenvalue weighted by atomic mass is 35.6. The van der Waals surface area contributed by atoms with E-state index in [-0.39, 0.29) is 0 Å². The van der Waals surface area contributed by atoms with Gasteiger partial charge >= 0.3 is 0 Å². The maximum atomic E-state index is 7.65. The van der Waals surface area contributed by atoms with Crippen LogP contribution >= 0.6 is 34.8 Å². The maximum absolute atomic E-state index is 7.65. The first-order valence-corrected chi connectivity index (χ1v) is 6.48. The normalized spacial score (nSPS) is 24.4. The number of halogens is 3. The van der Waals surface area contributed by atoms with Crippen molar-refractivity contribution in [2.75, 3.05) is 6.61 Å². The van der Waals surface area contributed by atoms with Crippen molar-refractivity contribution >= 4 is 40.7 Å². The van der Waals surface area contributed by atoms with Gasteiger partial charge in [0.05, 0.1) is 6.61 Å². The van der Waals surface area contributed by atoms with Gasteiger partial charge in [-0.05, 0) is 12.5 Å². The fraction of sp³-hybridized carbons (Fsp3) is 0.417. The van der Waals surface area contributed by atoms with Crippen LogP contribution in [0.15, 0.2) is 30.3 Å². The minimum atomic E-state index is -1.86. The summed E-state index contributed by atoms with van der Waals surface area (Å²) >= 11 is 16.9. The monoisotopic (exact) mass is 307 g/mol. The molecule has 18 heavy (non-hydrogen) atoms. The predicted octanol–water partition coefficient (Wildman–Crippen LogP) is 3.88. The zero-order valence-corrected chi connectivity index (χ0v) is 11.9. The summed E-state index contributed by atoms with van der Waals surface area (Å²) in [5.41, 5.74) is 0.417. The van der Waals surface area contributed by atoms with Crippen LogP contribution in [0.2, 0.25) is 0 Å². The van der Waals surface area contributed by atoms with E-state index < -0.39 is 21.4 Å². The van der Waals surface area contributed by atoms with Crippen LogP contribution in [0.4, 0.5) is 0 Å². The molecule has 1 aliphatic heterocycles. The first kappa shape index (κ1) is 13.9. The van der Waals surface area contributed by atoms with Crippen molar-refractivity contribution < 1.29 is 9.47 Å². The van der Waals surface area contributed by atoms with Gasteiger partial charge in [0.15, 0.2) is 6.10 Å². The molecule has 1 aromatic rings. The van der Waals surface area contributed by atoms with Crippen molar-refractivity contribution in [1.29, 1.82) is 5.41 Å². The average Bonchev–Trinajstić information content (AvgIpc) is 3.04. The minimum Gasteiger partial charge on any atom is -0.467 e. The molecule has 0 radical (unpaired) electrons. The van der Waals surface area contributed by atoms with Gasteiger partial charge in [-0.1, -0.05) is 65.1 Å². The Bertz CT molecular complexity index is 440. The quantitative estimate of drug-likeness (QED) is 0.398. The summed E-state index contributed by atoms with van der Waals surface area (Å²) in [5, 5.41) is 7.65. The second-order valence-electron chi connectivity index (χ2n) is 4.34. The number of hydrogen-bond donors (Lipinski definition) is 1. The van der Waals surface area contributed by atoms with Crippen LogP contribution in [0.5, 0.6) is 0 Å². The number of ether oxygens (including phenoxy) is 2. The van der Waals surface area contributed by atoms with E-state index in [1.807, 2.05) is 37.3 Å². The summed E-state index contributed by atoms with van der Waals surface area (Å²) in [6.07, 6.45) is -0.457. The minimum absolute atomic E-state index is 0.405. The van der Waals surface area contributed by atoms with Gasteiger partial charge in [-0.3, -0.25) is 5.41 Å². The van der Waals surface area contributed by atoms with Gasteiger partial charge < -0.3 is 9.47 Å². The van der Waals surface area contributed by atoms with Gasteiger partial charge in [-0.15, -0.1) is 0 Å². The van der Waals surface area contributed by atoms with Gasteiger partial charge in [0, 0.05) is 0 Å². The van der Waals surface area contributed by atoms with Crippen LogP contribution in [0.25, 0.3) is 0 Å². The number of nitrogens with one attached hydrogen (secondary N) is 1. The van der Waals surface area contributed by atoms with Crippen molar-refractivity contribution in [2.24, 2.45) is 0 Å². The number of benzene rings is 1. The highest BCUT2D eigenvalue weighted by Gasteiger charge is 2.51. The molecule has 0 unspecified atom stereocenters. The molecule has 2 rings (SSSR count). The van der Waals surface area contributed by atoms with Crippen molar-refractivity contribution in [1.82, 2.24) is 0 Å². The van der Waals surface area contributed by atoms with E-state index in [4.69, 9.17) is 49.7 Å². The summed E-state index contributed by atoms with van der Waals surface area (Å²) in [6, 6.07) is 9.45. The standard InChI is InChI=1S/C12H12Cl3NO2/c1-11(7-17-11)9(8-5-3-2-4-6-8)18-10(16)12(13,14)15/h2-6,9,16H,7H2,1H3/t9-,11-/m0/s1. The van der Waals surface area contributed by atoms with Crippen molar-refractivity contribution in [3.63, 3.8) is 0 Å². The van der Waals surface area contributed by atoms with E-state index in [0.29, 0.717) is 6.61 Å². The lowest BCUT2D eigenvalue weighted by Gasteiger charge is -2.25. The molecule has 2 atom stereocenters. The first-order valence-electron chi connectivity index (χ1n) is 5.34. The molecule has 3 nitrogen and oxygen atoms in total. The summed E-state index contributed by atoms with van der Waals surface area (Å²) in [5.74, 6) is -0.405. The first-order chi connectivity index (χ1) is 8.33. The van der Waals surface area contributed by atoms with Gasteiger partial charge in [0.1, 0.15) is 5.60 Å². The molecule has 0 bridgehead atoms. The fourth-order valence-electron chi connectivity index (χ4n) is 1.62. The summed E-state index contributed by atoms with van der Waals surface area (Å²) in [6.45, 7) is 2.45. The molecule has 1 heterocycles. The maximum Gasteiger partial charge on any atom is 0.265 e. The van der Waals surface area contributed by atoms with Crippen LogP contribution in [0.1, 0.15) is 18.6 Å². The summed E-state index contributed by atoms with van der Waals surface area (Å²) in [7, 11) is 0. The Hall–Kier alpha value is -0.480. The molecule has 0 saturated carbocycles. The van der Waals surface area contributed by atoms with Crippen molar-refractivity contribution in [3.05, 3.63) is 35.9 Å². The molecule has 0 aliphatic carbocycles. The van der Waals surface area contributed by atoms with Crippen LogP contribution in [-0.4, -0.2) is 21.9 Å². The molecule has 0 amide bonds. The van der Waals surface area contributed by atoms with Crippen molar-refractivity contribution in [3.8, 4) is 0 Å². The molecule has 98 valence electrons. The number of rotatable bonds is 3. The lowest BCUT2D eigenvalue weighted by molar-refractivity contribution is 0.0932. The second-order valence-corrected chi connectivity index (χ2v) is 6.62. The highest BCUT2D eigenvalue weighted by Crippen LogP contribution is 2.43. The molecular formula is C12H12Cl3NO2. The Morgan fingerprint density at radius 2 is 1.94 bits per heavy atom. The Morgan fingerprint density at radius 1 is 1.39 bits per heavy atom. The van der Waals surface area contributed by atoms with Crippen LogP contribution in [-0.2, 0) is 9.47 Å². The van der Waals surface area contributed by atoms with Crippen LogP contribution in [0, 0.1) is 5.41 Å². The van der Waals surface area contributed by atoms with E-state index in [0.717, 1.165) is 5.56 Å². The smallest absolute Gasteiger partial charge is 0.265 e. The Kier molecular flexibility index (Phi) is 3.79. The average molecular weight is 309 g/mol. The molecule has 6 heteroatoms. The SMILES string of the molecule is C[C@@]1([C@@H](OC(=N)C(Cl)(Cl)Cl)c2ccccc2)CO1. The summed E-state index contributed by atoms with van der Waals surface area (Å²) in [4.78, 5) is 0. The predicted molar refractivity (Wildman–Crippen MR) is 72.6 cm³/mol. The molecule has 1 aromatic carbocycles. The zero-order valence-electron chi connectivity index (χ0n) is 9.62. The fourth-order valence-corrected chi connectivity index (χ4v) is 1.76. The Labute approximate surface area is 120 Å². The molecule has 0 aromatic heterocycles. The Balaban J connectivity index is 2.21. The third kappa shape index (κ3) is 3.09. The van der Waals surface area contributed by atoms with Crippen LogP contribution in [0.3, 0.4) is 0 Å². The molecule has 1 N–H and O–H groups in total. The lowest BCUT2D eigenvalue weighted by atomic mass is 9.98. The molecule has 1 aliphatic rings. The zero-order chi connectivity index (χ0) is 13.4. The molecule has 1 saturated heterocycles. The number of alkyl halides is 3. The van der Waals surface area contributed by atoms with E-state index in [1.54, 1.807) is 0 Å². The Morgan fingerprint density at radius 3 is 2.39 bits per heavy atom. The molecule has 1 fully saturated rings.